The Kier molecular flexibility index (Phi) is 8.60. The van der Waals surface area contributed by atoms with Crippen molar-refractivity contribution in [1.29, 1.82) is 0 Å². The van der Waals surface area contributed by atoms with Crippen molar-refractivity contribution < 1.29 is 4.79 Å². The molecule has 3 heteroatoms. The number of carbonyl (C=O) groups excluding carboxylic acids is 1. The van der Waals surface area contributed by atoms with Crippen molar-refractivity contribution >= 4 is 29.8 Å². The van der Waals surface area contributed by atoms with Gasteiger partial charge < -0.3 is 0 Å². The third kappa shape index (κ3) is 6.56. The second-order valence-electron chi connectivity index (χ2n) is 6.93. The average Bonchev–Trinajstić information content (AvgIpc) is 2.73. The van der Waals surface area contributed by atoms with E-state index >= 15 is 0 Å². The summed E-state index contributed by atoms with van der Waals surface area (Å²) in [6, 6.07) is 29.9. The fourth-order valence-electron chi connectivity index (χ4n) is 3.15. The molecule has 0 amide bonds. The molecule has 3 aromatic carbocycles. The molecule has 0 unspecified atom stereocenters. The molecule has 0 saturated heterocycles. The Labute approximate surface area is 179 Å². The van der Waals surface area contributed by atoms with Crippen LogP contribution in [0.4, 0.5) is 0 Å². The van der Waals surface area contributed by atoms with Crippen LogP contribution in [-0.4, -0.2) is 24.3 Å². The molecule has 29 heavy (non-hydrogen) atoms. The molecule has 0 bridgehead atoms. The predicted molar refractivity (Wildman–Crippen MR) is 125 cm³/mol. The number of hydrogen-bond acceptors (Lipinski definition) is 2. The first-order valence-corrected chi connectivity index (χ1v) is 9.40. The van der Waals surface area contributed by atoms with Crippen LogP contribution in [0.15, 0.2) is 103 Å². The van der Waals surface area contributed by atoms with Gasteiger partial charge in [-0.1, -0.05) is 97.6 Å². The Morgan fingerprint density at radius 3 is 1.97 bits per heavy atom. The summed E-state index contributed by atoms with van der Waals surface area (Å²) < 4.78 is 0. The van der Waals surface area contributed by atoms with Crippen LogP contribution in [-0.2, 0) is 11.3 Å². The van der Waals surface area contributed by atoms with Gasteiger partial charge in [0, 0.05) is 24.2 Å². The van der Waals surface area contributed by atoms with Crippen LogP contribution in [0.5, 0.6) is 0 Å². The largest absolute Gasteiger partial charge is 0.298 e. The van der Waals surface area contributed by atoms with E-state index in [1.54, 1.807) is 0 Å². The minimum absolute atomic E-state index is 0. The van der Waals surface area contributed by atoms with Gasteiger partial charge in [-0.05, 0) is 29.8 Å². The van der Waals surface area contributed by atoms with Crippen LogP contribution in [0, 0.1) is 0 Å². The van der Waals surface area contributed by atoms with Gasteiger partial charge >= 0.3 is 0 Å². The predicted octanol–water partition coefficient (Wildman–Crippen LogP) is 5.91. The zero-order valence-electron chi connectivity index (χ0n) is 16.6. The first kappa shape index (κ1) is 22.4. The third-order valence-electron chi connectivity index (χ3n) is 4.52. The van der Waals surface area contributed by atoms with Crippen molar-refractivity contribution in [2.45, 2.75) is 6.54 Å². The molecular weight excluding hydrogens is 378 g/mol. The summed E-state index contributed by atoms with van der Waals surface area (Å²) >= 11 is 0. The fourth-order valence-corrected chi connectivity index (χ4v) is 3.15. The zero-order valence-corrected chi connectivity index (χ0v) is 17.4. The van der Waals surface area contributed by atoms with Crippen LogP contribution in [0.25, 0.3) is 11.6 Å². The monoisotopic (exact) mass is 403 g/mol. The maximum atomic E-state index is 13.2. The lowest BCUT2D eigenvalue weighted by atomic mass is 9.95. The number of halogens is 1. The van der Waals surface area contributed by atoms with Crippen LogP contribution >= 0.6 is 12.4 Å². The van der Waals surface area contributed by atoms with Crippen LogP contribution in [0.1, 0.15) is 16.7 Å². The van der Waals surface area contributed by atoms with Crippen molar-refractivity contribution in [2.75, 3.05) is 13.6 Å². The molecule has 3 aromatic rings. The first-order chi connectivity index (χ1) is 13.6. The highest BCUT2D eigenvalue weighted by Gasteiger charge is 2.17. The second-order valence-corrected chi connectivity index (χ2v) is 6.93. The highest BCUT2D eigenvalue weighted by molar-refractivity contribution is 6.32. The van der Waals surface area contributed by atoms with E-state index in [4.69, 9.17) is 0 Å². The number of benzene rings is 3. The van der Waals surface area contributed by atoms with E-state index in [0.29, 0.717) is 17.7 Å². The maximum Gasteiger partial charge on any atom is 0.190 e. The highest BCUT2D eigenvalue weighted by atomic mass is 35.5. The third-order valence-corrected chi connectivity index (χ3v) is 4.52. The molecule has 0 spiro atoms. The summed E-state index contributed by atoms with van der Waals surface area (Å²) in [4.78, 5) is 15.4. The van der Waals surface area contributed by atoms with E-state index in [1.807, 2.05) is 92.0 Å². The molecule has 0 aliphatic heterocycles. The topological polar surface area (TPSA) is 20.3 Å². The van der Waals surface area contributed by atoms with Gasteiger partial charge in [0.2, 0.25) is 0 Å². The highest BCUT2D eigenvalue weighted by Crippen LogP contribution is 2.22. The van der Waals surface area contributed by atoms with Gasteiger partial charge in [-0.2, -0.15) is 0 Å². The van der Waals surface area contributed by atoms with Gasteiger partial charge in [0.05, 0.1) is 0 Å². The number of hydrogen-bond donors (Lipinski definition) is 0. The van der Waals surface area contributed by atoms with Crippen molar-refractivity contribution in [3.8, 4) is 0 Å². The molecule has 0 heterocycles. The number of nitrogens with zero attached hydrogens (tertiary/aromatic N) is 1. The van der Waals surface area contributed by atoms with E-state index in [0.717, 1.165) is 17.7 Å². The summed E-state index contributed by atoms with van der Waals surface area (Å²) in [5.41, 5.74) is 4.38. The molecule has 0 fully saturated rings. The first-order valence-electron chi connectivity index (χ1n) is 9.40. The lowest BCUT2D eigenvalue weighted by Crippen LogP contribution is -2.23. The van der Waals surface area contributed by atoms with Crippen molar-refractivity contribution in [3.05, 3.63) is 120 Å². The number of likely N-dealkylation sites (N-methyl/N-ethyl adjacent to an activating group) is 1. The molecule has 0 aromatic heterocycles. The summed E-state index contributed by atoms with van der Waals surface area (Å²) in [7, 11) is 2.01. The lowest BCUT2D eigenvalue weighted by Gasteiger charge is -2.18. The Balaban J connectivity index is 0.00000300. The molecule has 0 atom stereocenters. The van der Waals surface area contributed by atoms with Crippen molar-refractivity contribution in [3.63, 3.8) is 0 Å². The molecular formula is C26H26ClNO. The molecule has 0 aliphatic rings. The molecule has 148 valence electrons. The standard InChI is InChI=1S/C26H25NO.ClH/c1-21(19-27(2)20-23-14-8-4-9-15-23)26(28)25(24-16-10-5-11-17-24)18-22-12-6-3-7-13-22;/h3-18H,1,19-20H2,2H3;1H/b25-18+;. The summed E-state index contributed by atoms with van der Waals surface area (Å²) in [5, 5.41) is 0. The van der Waals surface area contributed by atoms with Gasteiger partial charge in [0.1, 0.15) is 0 Å². The number of ketones is 1. The van der Waals surface area contributed by atoms with Gasteiger partial charge in [-0.25, -0.2) is 0 Å². The Morgan fingerprint density at radius 2 is 1.38 bits per heavy atom. The van der Waals surface area contributed by atoms with Gasteiger partial charge in [-0.15, -0.1) is 12.4 Å². The van der Waals surface area contributed by atoms with Gasteiger partial charge in [0.15, 0.2) is 5.78 Å². The van der Waals surface area contributed by atoms with E-state index < -0.39 is 0 Å². The van der Waals surface area contributed by atoms with E-state index in [-0.39, 0.29) is 18.2 Å². The lowest BCUT2D eigenvalue weighted by molar-refractivity contribution is -0.110. The summed E-state index contributed by atoms with van der Waals surface area (Å²) in [6.07, 6.45) is 1.94. The van der Waals surface area contributed by atoms with Gasteiger partial charge in [-0.3, -0.25) is 9.69 Å². The summed E-state index contributed by atoms with van der Waals surface area (Å²) in [6.45, 7) is 5.39. The number of allylic oxidation sites excluding steroid dienone is 1. The van der Waals surface area contributed by atoms with E-state index in [2.05, 4.69) is 23.6 Å². The molecule has 0 N–H and O–H groups in total. The minimum atomic E-state index is -0.0186. The van der Waals surface area contributed by atoms with Crippen LogP contribution < -0.4 is 0 Å². The summed E-state index contributed by atoms with van der Waals surface area (Å²) in [5.74, 6) is -0.0186. The van der Waals surface area contributed by atoms with E-state index in [9.17, 15) is 4.79 Å². The molecule has 3 rings (SSSR count). The molecule has 2 nitrogen and oxygen atoms in total. The normalized spacial score (nSPS) is 11.0. The minimum Gasteiger partial charge on any atom is -0.298 e. The van der Waals surface area contributed by atoms with E-state index in [1.165, 1.54) is 5.56 Å². The quantitative estimate of drug-likeness (QED) is 0.344. The number of rotatable bonds is 8. The zero-order chi connectivity index (χ0) is 19.8. The van der Waals surface area contributed by atoms with Crippen LogP contribution in [0.3, 0.4) is 0 Å². The smallest absolute Gasteiger partial charge is 0.190 e. The fraction of sp³-hybridized carbons (Fsp3) is 0.115. The molecule has 0 saturated carbocycles. The molecule has 0 radical (unpaired) electrons. The van der Waals surface area contributed by atoms with Gasteiger partial charge in [0.25, 0.3) is 0 Å². The Bertz CT molecular complexity index is 950. The Morgan fingerprint density at radius 1 is 0.862 bits per heavy atom. The SMILES string of the molecule is C=C(CN(C)Cc1ccccc1)C(=O)/C(=C/c1ccccc1)c1ccccc1.Cl. The second kappa shape index (κ2) is 11.2. The van der Waals surface area contributed by atoms with Crippen molar-refractivity contribution in [1.82, 2.24) is 4.90 Å². The maximum absolute atomic E-state index is 13.2. The van der Waals surface area contributed by atoms with Crippen molar-refractivity contribution in [2.24, 2.45) is 0 Å². The number of Topliss-reactive ketones (excluding diaryl/α,β-unsaturated/α-hetero) is 1. The van der Waals surface area contributed by atoms with Crippen LogP contribution in [0.2, 0.25) is 0 Å². The average molecular weight is 404 g/mol. The molecule has 0 aliphatic carbocycles. The Hall–Kier alpha value is -2.94. The number of carbonyl (C=O) groups is 1.